The average Bonchev–Trinajstić information content (AvgIpc) is 2.42. The molecule has 0 saturated carbocycles. The number of nitrogens with one attached hydrogen (secondary N) is 1. The lowest BCUT2D eigenvalue weighted by atomic mass is 10.1. The van der Waals surface area contributed by atoms with E-state index < -0.39 is 0 Å². The fraction of sp³-hybridized carbons (Fsp3) is 0.600. The van der Waals surface area contributed by atoms with Gasteiger partial charge in [0.25, 0.3) is 0 Å². The molecule has 1 aromatic carbocycles. The maximum atomic E-state index is 13.3. The van der Waals surface area contributed by atoms with Gasteiger partial charge < -0.3 is 10.2 Å². The number of hydrogen-bond donors (Lipinski definition) is 1. The Morgan fingerprint density at radius 1 is 1.40 bits per heavy atom. The van der Waals surface area contributed by atoms with Crippen LogP contribution < -0.4 is 5.32 Å². The summed E-state index contributed by atoms with van der Waals surface area (Å²) in [7, 11) is 4.35. The molecule has 2 unspecified atom stereocenters. The molecule has 2 atom stereocenters. The van der Waals surface area contributed by atoms with Crippen LogP contribution in [0.2, 0.25) is 0 Å². The Morgan fingerprint density at radius 3 is 2.85 bits per heavy atom. The molecule has 5 heteroatoms. The summed E-state index contributed by atoms with van der Waals surface area (Å²) in [6, 6.07) is 5.95. The van der Waals surface area contributed by atoms with Crippen molar-refractivity contribution < 1.29 is 4.39 Å². The third-order valence-corrected chi connectivity index (χ3v) is 4.69. The SMILES string of the molecule is CC(NCC1CN(C)CCN1C)c1ccc(F)c(Br)c1. The van der Waals surface area contributed by atoms with E-state index >= 15 is 0 Å². The molecule has 20 heavy (non-hydrogen) atoms. The monoisotopic (exact) mass is 343 g/mol. The maximum absolute atomic E-state index is 13.3. The quantitative estimate of drug-likeness (QED) is 0.905. The summed E-state index contributed by atoms with van der Waals surface area (Å²) in [4.78, 5) is 4.77. The van der Waals surface area contributed by atoms with E-state index in [1.165, 1.54) is 6.07 Å². The van der Waals surface area contributed by atoms with Gasteiger partial charge in [0, 0.05) is 38.3 Å². The fourth-order valence-corrected chi connectivity index (χ4v) is 2.93. The van der Waals surface area contributed by atoms with Crippen LogP contribution in [-0.4, -0.2) is 56.1 Å². The highest BCUT2D eigenvalue weighted by atomic mass is 79.9. The van der Waals surface area contributed by atoms with Crippen LogP contribution in [0.15, 0.2) is 22.7 Å². The number of nitrogens with zero attached hydrogens (tertiary/aromatic N) is 2. The third kappa shape index (κ3) is 4.01. The first-order valence-electron chi connectivity index (χ1n) is 7.04. The summed E-state index contributed by atoms with van der Waals surface area (Å²) in [5.41, 5.74) is 1.10. The van der Waals surface area contributed by atoms with E-state index in [0.717, 1.165) is 31.7 Å². The van der Waals surface area contributed by atoms with E-state index in [0.29, 0.717) is 10.5 Å². The number of benzene rings is 1. The van der Waals surface area contributed by atoms with Gasteiger partial charge in [0.05, 0.1) is 4.47 Å². The molecular formula is C15H23BrFN3. The molecule has 1 aliphatic heterocycles. The predicted molar refractivity (Wildman–Crippen MR) is 84.4 cm³/mol. The molecule has 1 saturated heterocycles. The number of piperazine rings is 1. The van der Waals surface area contributed by atoms with Crippen molar-refractivity contribution in [3.8, 4) is 0 Å². The fourth-order valence-electron chi connectivity index (χ4n) is 2.53. The molecule has 0 amide bonds. The summed E-state index contributed by atoms with van der Waals surface area (Å²) in [6.45, 7) is 6.39. The Bertz CT molecular complexity index is 455. The molecule has 0 spiro atoms. The first-order valence-corrected chi connectivity index (χ1v) is 7.84. The van der Waals surface area contributed by atoms with Crippen LogP contribution in [0.5, 0.6) is 0 Å². The van der Waals surface area contributed by atoms with Gasteiger partial charge in [-0.15, -0.1) is 0 Å². The van der Waals surface area contributed by atoms with Crippen molar-refractivity contribution >= 4 is 15.9 Å². The van der Waals surface area contributed by atoms with Gasteiger partial charge in [-0.05, 0) is 54.6 Å². The number of hydrogen-bond acceptors (Lipinski definition) is 3. The molecule has 3 nitrogen and oxygen atoms in total. The Hall–Kier alpha value is -0.490. The van der Waals surface area contributed by atoms with Crippen LogP contribution in [0.25, 0.3) is 0 Å². The highest BCUT2D eigenvalue weighted by molar-refractivity contribution is 9.10. The highest BCUT2D eigenvalue weighted by Gasteiger charge is 2.22. The minimum Gasteiger partial charge on any atom is -0.309 e. The summed E-state index contributed by atoms with van der Waals surface area (Å²) in [5.74, 6) is -0.213. The normalized spacial score (nSPS) is 22.9. The summed E-state index contributed by atoms with van der Waals surface area (Å²) in [5, 5.41) is 3.55. The third-order valence-electron chi connectivity index (χ3n) is 4.08. The van der Waals surface area contributed by atoms with Crippen LogP contribution in [-0.2, 0) is 0 Å². The first-order chi connectivity index (χ1) is 9.47. The maximum Gasteiger partial charge on any atom is 0.137 e. The van der Waals surface area contributed by atoms with Gasteiger partial charge in [0.15, 0.2) is 0 Å². The molecule has 1 N–H and O–H groups in total. The van der Waals surface area contributed by atoms with Crippen LogP contribution in [0.1, 0.15) is 18.5 Å². The second-order valence-corrected chi connectivity index (χ2v) is 6.55. The standard InChI is InChI=1S/C15H23BrFN3/c1-11(12-4-5-15(17)14(16)8-12)18-9-13-10-19(2)6-7-20(13)3/h4-5,8,11,13,18H,6-7,9-10H2,1-3H3. The van der Waals surface area contributed by atoms with Gasteiger partial charge in [0.1, 0.15) is 5.82 Å². The Labute approximate surface area is 129 Å². The van der Waals surface area contributed by atoms with Gasteiger partial charge >= 0.3 is 0 Å². The molecule has 1 aliphatic rings. The molecule has 0 aromatic heterocycles. The van der Waals surface area contributed by atoms with E-state index in [9.17, 15) is 4.39 Å². The van der Waals surface area contributed by atoms with Crippen LogP contribution in [0.3, 0.4) is 0 Å². The summed E-state index contributed by atoms with van der Waals surface area (Å²) >= 11 is 3.24. The summed E-state index contributed by atoms with van der Waals surface area (Å²) in [6.07, 6.45) is 0. The van der Waals surface area contributed by atoms with Crippen LogP contribution in [0, 0.1) is 5.82 Å². The topological polar surface area (TPSA) is 18.5 Å². The lowest BCUT2D eigenvalue weighted by molar-refractivity contribution is 0.112. The molecule has 2 rings (SSSR count). The average molecular weight is 344 g/mol. The molecule has 0 aliphatic carbocycles. The smallest absolute Gasteiger partial charge is 0.137 e. The molecule has 1 aromatic rings. The molecule has 112 valence electrons. The van der Waals surface area contributed by atoms with Crippen LogP contribution in [0.4, 0.5) is 4.39 Å². The molecule has 1 heterocycles. The van der Waals surface area contributed by atoms with E-state index in [4.69, 9.17) is 0 Å². The van der Waals surface area contributed by atoms with Gasteiger partial charge in [0.2, 0.25) is 0 Å². The van der Waals surface area contributed by atoms with Gasteiger partial charge in [-0.3, -0.25) is 4.90 Å². The Balaban J connectivity index is 1.90. The number of rotatable bonds is 4. The molecule has 0 bridgehead atoms. The zero-order valence-corrected chi connectivity index (χ0v) is 14.0. The van der Waals surface area contributed by atoms with Crippen molar-refractivity contribution in [3.05, 3.63) is 34.1 Å². The zero-order chi connectivity index (χ0) is 14.7. The van der Waals surface area contributed by atoms with Crippen molar-refractivity contribution in [2.24, 2.45) is 0 Å². The van der Waals surface area contributed by atoms with Crippen molar-refractivity contribution in [2.45, 2.75) is 19.0 Å². The molecule has 1 fully saturated rings. The second kappa shape index (κ2) is 6.98. The van der Waals surface area contributed by atoms with Gasteiger partial charge in [-0.1, -0.05) is 6.07 Å². The van der Waals surface area contributed by atoms with E-state index in [1.807, 2.05) is 12.1 Å². The Morgan fingerprint density at radius 2 is 2.15 bits per heavy atom. The first kappa shape index (κ1) is 15.9. The lowest BCUT2D eigenvalue weighted by Crippen LogP contribution is -2.53. The van der Waals surface area contributed by atoms with E-state index in [1.54, 1.807) is 0 Å². The van der Waals surface area contributed by atoms with E-state index in [-0.39, 0.29) is 11.9 Å². The number of halogens is 2. The minimum absolute atomic E-state index is 0.213. The van der Waals surface area contributed by atoms with Gasteiger partial charge in [-0.25, -0.2) is 4.39 Å². The number of likely N-dealkylation sites (N-methyl/N-ethyl adjacent to an activating group) is 2. The van der Waals surface area contributed by atoms with Gasteiger partial charge in [-0.2, -0.15) is 0 Å². The molecule has 0 radical (unpaired) electrons. The van der Waals surface area contributed by atoms with Crippen molar-refractivity contribution in [1.29, 1.82) is 0 Å². The van der Waals surface area contributed by atoms with Crippen molar-refractivity contribution in [1.82, 2.24) is 15.1 Å². The van der Waals surface area contributed by atoms with Crippen molar-refractivity contribution in [2.75, 3.05) is 40.3 Å². The minimum atomic E-state index is -0.213. The van der Waals surface area contributed by atoms with Crippen molar-refractivity contribution in [3.63, 3.8) is 0 Å². The largest absolute Gasteiger partial charge is 0.309 e. The highest BCUT2D eigenvalue weighted by Crippen LogP contribution is 2.21. The van der Waals surface area contributed by atoms with E-state index in [2.05, 4.69) is 52.1 Å². The Kier molecular flexibility index (Phi) is 5.55. The van der Waals surface area contributed by atoms with Crippen LogP contribution >= 0.6 is 15.9 Å². The summed E-state index contributed by atoms with van der Waals surface area (Å²) < 4.78 is 13.8. The second-order valence-electron chi connectivity index (χ2n) is 5.70. The predicted octanol–water partition coefficient (Wildman–Crippen LogP) is 2.48. The molecular weight excluding hydrogens is 321 g/mol. The zero-order valence-electron chi connectivity index (χ0n) is 12.4. The lowest BCUT2D eigenvalue weighted by Gasteiger charge is -2.38.